The van der Waals surface area contributed by atoms with Gasteiger partial charge in [-0.05, 0) is 61.7 Å². The quantitative estimate of drug-likeness (QED) is 0.817. The molecule has 2 heterocycles. The summed E-state index contributed by atoms with van der Waals surface area (Å²) in [6.45, 7) is 7.57. The molecule has 0 radical (unpaired) electrons. The van der Waals surface area contributed by atoms with Gasteiger partial charge in [0.1, 0.15) is 5.75 Å². The van der Waals surface area contributed by atoms with Crippen molar-refractivity contribution in [1.29, 1.82) is 0 Å². The Morgan fingerprint density at radius 2 is 1.89 bits per heavy atom. The molecule has 0 spiro atoms. The van der Waals surface area contributed by atoms with Gasteiger partial charge in [0.15, 0.2) is 11.3 Å². The molecule has 1 unspecified atom stereocenters. The maximum atomic E-state index is 12.5. The van der Waals surface area contributed by atoms with Crippen LogP contribution in [0.4, 0.5) is 5.69 Å². The highest BCUT2D eigenvalue weighted by molar-refractivity contribution is 8.16. The van der Waals surface area contributed by atoms with E-state index in [4.69, 9.17) is 4.74 Å². The van der Waals surface area contributed by atoms with E-state index in [2.05, 4.69) is 26.7 Å². The molecule has 144 valence electrons. The second kappa shape index (κ2) is 7.72. The molecule has 0 fully saturated rings. The minimum atomic E-state index is -0.585. The number of carbonyl (C=O) groups is 1. The molecule has 0 aromatic heterocycles. The third kappa shape index (κ3) is 3.92. The van der Waals surface area contributed by atoms with Crippen LogP contribution in [0.5, 0.6) is 5.75 Å². The van der Waals surface area contributed by atoms with Crippen LogP contribution in [0.15, 0.2) is 52.9 Å². The molecule has 4 rings (SSSR count). The number of amides is 1. The first-order valence-electron chi connectivity index (χ1n) is 9.35. The van der Waals surface area contributed by atoms with Crippen molar-refractivity contribution in [3.63, 3.8) is 0 Å². The summed E-state index contributed by atoms with van der Waals surface area (Å²) in [6, 6.07) is 13.9. The Hall–Kier alpha value is -2.73. The van der Waals surface area contributed by atoms with Gasteiger partial charge in [0, 0.05) is 17.6 Å². The Morgan fingerprint density at radius 1 is 1.18 bits per heavy atom. The van der Waals surface area contributed by atoms with Gasteiger partial charge in [-0.2, -0.15) is 0 Å². The molecular formula is C22H23N3O2S. The number of thioether (sulfide) groups is 1. The van der Waals surface area contributed by atoms with Crippen molar-refractivity contribution < 1.29 is 9.53 Å². The molecule has 1 amide bonds. The minimum Gasteiger partial charge on any atom is -0.481 e. The molecule has 0 aliphatic carbocycles. The lowest BCUT2D eigenvalue weighted by Crippen LogP contribution is -2.30. The van der Waals surface area contributed by atoms with Gasteiger partial charge in [-0.15, -0.1) is 0 Å². The average Bonchev–Trinajstić information content (AvgIpc) is 3.25. The second-order valence-corrected chi connectivity index (χ2v) is 7.92. The molecule has 0 saturated heterocycles. The van der Waals surface area contributed by atoms with Gasteiger partial charge in [-0.25, -0.2) is 0 Å². The van der Waals surface area contributed by atoms with Crippen molar-refractivity contribution in [3.05, 3.63) is 64.6 Å². The van der Waals surface area contributed by atoms with E-state index >= 15 is 0 Å². The van der Waals surface area contributed by atoms with Gasteiger partial charge in [0.05, 0.1) is 12.2 Å². The standard InChI is InChI=1S/C22H23N3O2S/c1-14-10-15(2)12-19(11-14)27-16(3)21(26)24-18-6-4-17(5-7-18)20-13-28-22-23-8-9-25(20)22/h4-7,10-13,16H,8-9H2,1-3H3,(H,24,26). The third-order valence-electron chi connectivity index (χ3n) is 4.69. The van der Waals surface area contributed by atoms with Gasteiger partial charge in [0.2, 0.25) is 0 Å². The summed E-state index contributed by atoms with van der Waals surface area (Å²) in [7, 11) is 0. The minimum absolute atomic E-state index is 0.170. The van der Waals surface area contributed by atoms with E-state index in [9.17, 15) is 4.79 Å². The van der Waals surface area contributed by atoms with Crippen LogP contribution < -0.4 is 10.1 Å². The Kier molecular flexibility index (Phi) is 5.13. The first-order chi connectivity index (χ1) is 13.5. The summed E-state index contributed by atoms with van der Waals surface area (Å²) in [5, 5.41) is 6.13. The molecule has 0 bridgehead atoms. The van der Waals surface area contributed by atoms with Crippen molar-refractivity contribution in [1.82, 2.24) is 4.90 Å². The predicted octanol–water partition coefficient (Wildman–Crippen LogP) is 4.43. The molecule has 2 aliphatic rings. The lowest BCUT2D eigenvalue weighted by molar-refractivity contribution is -0.122. The summed E-state index contributed by atoms with van der Waals surface area (Å²) in [5.74, 6) is 0.542. The summed E-state index contributed by atoms with van der Waals surface area (Å²) in [4.78, 5) is 19.2. The number of anilines is 1. The molecule has 2 aliphatic heterocycles. The third-order valence-corrected chi connectivity index (χ3v) is 5.60. The second-order valence-electron chi connectivity index (χ2n) is 7.09. The number of aryl methyl sites for hydroxylation is 2. The number of aliphatic imine (C=N–C) groups is 1. The molecule has 28 heavy (non-hydrogen) atoms. The molecule has 0 saturated carbocycles. The fourth-order valence-electron chi connectivity index (χ4n) is 3.37. The highest BCUT2D eigenvalue weighted by Crippen LogP contribution is 2.35. The van der Waals surface area contributed by atoms with Crippen molar-refractivity contribution in [2.45, 2.75) is 26.9 Å². The number of hydrogen-bond donors (Lipinski definition) is 1. The normalized spacial score (nSPS) is 16.3. The molecule has 5 nitrogen and oxygen atoms in total. The first-order valence-corrected chi connectivity index (χ1v) is 10.2. The Balaban J connectivity index is 1.38. The number of hydrogen-bond acceptors (Lipinski definition) is 5. The summed E-state index contributed by atoms with van der Waals surface area (Å²) < 4.78 is 5.82. The first kappa shape index (κ1) is 18.6. The predicted molar refractivity (Wildman–Crippen MR) is 116 cm³/mol. The van der Waals surface area contributed by atoms with Crippen molar-refractivity contribution >= 4 is 34.2 Å². The molecule has 6 heteroatoms. The van der Waals surface area contributed by atoms with Crippen LogP contribution in [0, 0.1) is 13.8 Å². The Bertz CT molecular complexity index is 946. The Morgan fingerprint density at radius 3 is 2.61 bits per heavy atom. The van der Waals surface area contributed by atoms with Gasteiger partial charge < -0.3 is 15.0 Å². The number of rotatable bonds is 5. The van der Waals surface area contributed by atoms with E-state index in [1.54, 1.807) is 18.7 Å². The van der Waals surface area contributed by atoms with Gasteiger partial charge in [-0.1, -0.05) is 30.0 Å². The zero-order valence-electron chi connectivity index (χ0n) is 16.2. The number of fused-ring (bicyclic) bond motifs is 1. The van der Waals surface area contributed by atoms with Crippen molar-refractivity contribution in [2.24, 2.45) is 4.99 Å². The van der Waals surface area contributed by atoms with Crippen LogP contribution in [0.1, 0.15) is 23.6 Å². The van der Waals surface area contributed by atoms with E-state index in [1.165, 1.54) is 5.70 Å². The topological polar surface area (TPSA) is 53.9 Å². The van der Waals surface area contributed by atoms with Crippen LogP contribution in [-0.4, -0.2) is 35.2 Å². The summed E-state index contributed by atoms with van der Waals surface area (Å²) >= 11 is 1.67. The SMILES string of the molecule is Cc1cc(C)cc(OC(C)C(=O)Nc2ccc(C3=CSC4=NCCN34)cc2)c1. The summed E-state index contributed by atoms with van der Waals surface area (Å²) in [6.07, 6.45) is -0.585. The van der Waals surface area contributed by atoms with E-state index in [0.717, 1.165) is 40.6 Å². The number of nitrogens with zero attached hydrogens (tertiary/aromatic N) is 2. The van der Waals surface area contributed by atoms with Crippen molar-refractivity contribution in [2.75, 3.05) is 18.4 Å². The van der Waals surface area contributed by atoms with Crippen LogP contribution in [0.25, 0.3) is 5.70 Å². The van der Waals surface area contributed by atoms with Gasteiger partial charge in [-0.3, -0.25) is 9.79 Å². The molecule has 1 N–H and O–H groups in total. The van der Waals surface area contributed by atoms with E-state index < -0.39 is 6.10 Å². The number of benzene rings is 2. The molecule has 1 atom stereocenters. The Labute approximate surface area is 169 Å². The maximum absolute atomic E-state index is 12.5. The number of nitrogens with one attached hydrogen (secondary N) is 1. The lowest BCUT2D eigenvalue weighted by atomic mass is 10.1. The highest BCUT2D eigenvalue weighted by Gasteiger charge is 2.27. The fraction of sp³-hybridized carbons (Fsp3) is 0.273. The average molecular weight is 394 g/mol. The van der Waals surface area contributed by atoms with Crippen LogP contribution in [0.3, 0.4) is 0 Å². The molecule has 2 aromatic rings. The van der Waals surface area contributed by atoms with Crippen LogP contribution in [0.2, 0.25) is 0 Å². The van der Waals surface area contributed by atoms with Gasteiger partial charge in [0.25, 0.3) is 5.91 Å². The van der Waals surface area contributed by atoms with Crippen molar-refractivity contribution in [3.8, 4) is 5.75 Å². The largest absolute Gasteiger partial charge is 0.481 e. The number of ether oxygens (including phenoxy) is 1. The molecule has 2 aromatic carbocycles. The van der Waals surface area contributed by atoms with E-state index in [-0.39, 0.29) is 5.91 Å². The van der Waals surface area contributed by atoms with E-state index in [1.807, 2.05) is 50.2 Å². The zero-order chi connectivity index (χ0) is 19.7. The van der Waals surface area contributed by atoms with Gasteiger partial charge >= 0.3 is 0 Å². The lowest BCUT2D eigenvalue weighted by Gasteiger charge is -2.18. The highest BCUT2D eigenvalue weighted by atomic mass is 32.2. The number of amidine groups is 1. The zero-order valence-corrected chi connectivity index (χ0v) is 17.0. The van der Waals surface area contributed by atoms with E-state index in [0.29, 0.717) is 5.75 Å². The maximum Gasteiger partial charge on any atom is 0.265 e. The summed E-state index contributed by atoms with van der Waals surface area (Å²) in [5.41, 5.74) is 5.28. The molecular weight excluding hydrogens is 370 g/mol. The number of carbonyl (C=O) groups excluding carboxylic acids is 1. The van der Waals surface area contributed by atoms with Crippen LogP contribution in [-0.2, 0) is 4.79 Å². The fourth-order valence-corrected chi connectivity index (χ4v) is 4.34. The smallest absolute Gasteiger partial charge is 0.265 e. The van der Waals surface area contributed by atoms with Crippen LogP contribution >= 0.6 is 11.8 Å². The monoisotopic (exact) mass is 393 g/mol.